The summed E-state index contributed by atoms with van der Waals surface area (Å²) < 4.78 is 34.1. The van der Waals surface area contributed by atoms with Crippen LogP contribution in [0, 0.1) is 31.4 Å². The van der Waals surface area contributed by atoms with Crippen LogP contribution in [0.5, 0.6) is 5.75 Å². The number of aryl methyl sites for hydroxylation is 2. The number of aromatic nitrogens is 5. The summed E-state index contributed by atoms with van der Waals surface area (Å²) >= 11 is 6.38. The Morgan fingerprint density at radius 1 is 1.11 bits per heavy atom. The van der Waals surface area contributed by atoms with E-state index in [1.165, 1.54) is 17.4 Å². The van der Waals surface area contributed by atoms with E-state index < -0.39 is 17.2 Å². The van der Waals surface area contributed by atoms with Gasteiger partial charge in [-0.1, -0.05) is 18.5 Å². The first-order valence-corrected chi connectivity index (χ1v) is 12.3. The van der Waals surface area contributed by atoms with E-state index in [4.69, 9.17) is 21.3 Å². The summed E-state index contributed by atoms with van der Waals surface area (Å²) in [6.45, 7) is 5.41. The third-order valence-electron chi connectivity index (χ3n) is 6.54. The van der Waals surface area contributed by atoms with E-state index in [2.05, 4.69) is 21.9 Å². The second-order valence-corrected chi connectivity index (χ2v) is 9.64. The molecule has 1 fully saturated rings. The van der Waals surface area contributed by atoms with Crippen LogP contribution < -0.4 is 10.3 Å². The van der Waals surface area contributed by atoms with Crippen LogP contribution in [0.4, 0.5) is 8.78 Å². The van der Waals surface area contributed by atoms with Gasteiger partial charge < -0.3 is 4.74 Å². The lowest BCUT2D eigenvalue weighted by molar-refractivity contribution is 0.292. The van der Waals surface area contributed by atoms with Crippen molar-refractivity contribution in [1.29, 1.82) is 0 Å². The lowest BCUT2D eigenvalue weighted by Gasteiger charge is -2.17. The van der Waals surface area contributed by atoms with Crippen molar-refractivity contribution in [1.82, 2.24) is 24.5 Å². The zero-order chi connectivity index (χ0) is 26.3. The predicted molar refractivity (Wildman–Crippen MR) is 135 cm³/mol. The Labute approximate surface area is 217 Å². The molecule has 1 aliphatic rings. The molecule has 4 aromatic heterocycles. The molecule has 5 rings (SSSR count). The van der Waals surface area contributed by atoms with Crippen molar-refractivity contribution in [2.45, 2.75) is 46.1 Å². The van der Waals surface area contributed by atoms with Gasteiger partial charge in [-0.2, -0.15) is 0 Å². The van der Waals surface area contributed by atoms with Gasteiger partial charge in [0, 0.05) is 36.1 Å². The van der Waals surface area contributed by atoms with E-state index in [0.29, 0.717) is 34.8 Å². The van der Waals surface area contributed by atoms with E-state index in [9.17, 15) is 13.6 Å². The molecule has 0 unspecified atom stereocenters. The molecule has 190 valence electrons. The molecule has 0 amide bonds. The Bertz CT molecular complexity index is 1550. The molecule has 0 spiro atoms. The van der Waals surface area contributed by atoms with Gasteiger partial charge in [0.2, 0.25) is 0 Å². The minimum Gasteiger partial charge on any atom is -0.485 e. The van der Waals surface area contributed by atoms with E-state index in [1.54, 1.807) is 37.5 Å². The number of pyridine rings is 3. The normalized spacial score (nSPS) is 14.0. The summed E-state index contributed by atoms with van der Waals surface area (Å²) in [5.41, 5.74) is 2.57. The summed E-state index contributed by atoms with van der Waals surface area (Å²) in [5.74, 6) is 0.123. The average molecular weight is 524 g/mol. The minimum atomic E-state index is -0.847. The molecule has 0 bridgehead atoms. The number of hydrogen-bond donors (Lipinski definition) is 0. The molecule has 0 N–H and O–H groups in total. The van der Waals surface area contributed by atoms with Gasteiger partial charge in [0.1, 0.15) is 34.7 Å². The van der Waals surface area contributed by atoms with Crippen LogP contribution in [-0.2, 0) is 6.61 Å². The SMILES string of the molecule is Cc1cnc(-c2ccnc([C@@H](C)C3CC3)n2)cc1-n1c(C)cc(OCc2ncc(F)cc2F)c(Cl)c1=O. The largest absolute Gasteiger partial charge is 0.485 e. The van der Waals surface area contributed by atoms with Gasteiger partial charge >= 0.3 is 0 Å². The van der Waals surface area contributed by atoms with E-state index in [-0.39, 0.29) is 29.0 Å². The summed E-state index contributed by atoms with van der Waals surface area (Å²) in [7, 11) is 0. The number of hydrogen-bond acceptors (Lipinski definition) is 6. The predicted octanol–water partition coefficient (Wildman–Crippen LogP) is 5.73. The van der Waals surface area contributed by atoms with Crippen molar-refractivity contribution in [2.75, 3.05) is 0 Å². The third kappa shape index (κ3) is 5.09. The lowest BCUT2D eigenvalue weighted by atomic mass is 10.1. The Balaban J connectivity index is 1.48. The smallest absolute Gasteiger partial charge is 0.277 e. The van der Waals surface area contributed by atoms with Gasteiger partial charge in [-0.15, -0.1) is 0 Å². The third-order valence-corrected chi connectivity index (χ3v) is 6.88. The molecular weight excluding hydrogens is 500 g/mol. The number of halogens is 3. The average Bonchev–Trinajstić information content (AvgIpc) is 3.73. The van der Waals surface area contributed by atoms with Crippen LogP contribution in [0.15, 0.2) is 47.7 Å². The number of rotatable bonds is 7. The fourth-order valence-corrected chi connectivity index (χ4v) is 4.41. The number of ether oxygens (including phenoxy) is 1. The molecule has 10 heteroatoms. The zero-order valence-electron chi connectivity index (χ0n) is 20.5. The Kier molecular flexibility index (Phi) is 6.72. The van der Waals surface area contributed by atoms with Crippen molar-refractivity contribution >= 4 is 11.6 Å². The highest BCUT2D eigenvalue weighted by Crippen LogP contribution is 2.41. The molecule has 0 radical (unpaired) electrons. The zero-order valence-corrected chi connectivity index (χ0v) is 21.3. The lowest BCUT2D eigenvalue weighted by Crippen LogP contribution is -2.23. The number of nitrogens with zero attached hydrogens (tertiary/aromatic N) is 5. The summed E-state index contributed by atoms with van der Waals surface area (Å²) in [6.07, 6.45) is 6.70. The van der Waals surface area contributed by atoms with E-state index in [0.717, 1.165) is 17.6 Å². The van der Waals surface area contributed by atoms with Crippen LogP contribution in [-0.4, -0.2) is 24.5 Å². The molecule has 7 nitrogen and oxygen atoms in total. The molecule has 0 aliphatic heterocycles. The van der Waals surface area contributed by atoms with Crippen LogP contribution in [0.1, 0.15) is 48.5 Å². The Morgan fingerprint density at radius 3 is 2.62 bits per heavy atom. The highest BCUT2D eigenvalue weighted by atomic mass is 35.5. The van der Waals surface area contributed by atoms with Crippen molar-refractivity contribution < 1.29 is 13.5 Å². The van der Waals surface area contributed by atoms with Gasteiger partial charge in [-0.05, 0) is 50.3 Å². The fraction of sp³-hybridized carbons (Fsp3) is 0.296. The molecule has 0 aromatic carbocycles. The highest BCUT2D eigenvalue weighted by molar-refractivity contribution is 6.31. The Morgan fingerprint density at radius 2 is 1.89 bits per heavy atom. The maximum absolute atomic E-state index is 13.9. The summed E-state index contributed by atoms with van der Waals surface area (Å²) in [6, 6.07) is 5.90. The summed E-state index contributed by atoms with van der Waals surface area (Å²) in [5, 5.41) is -0.173. The first-order chi connectivity index (χ1) is 17.7. The minimum absolute atomic E-state index is 0.0763. The summed E-state index contributed by atoms with van der Waals surface area (Å²) in [4.78, 5) is 30.8. The van der Waals surface area contributed by atoms with Gasteiger partial charge in [0.25, 0.3) is 5.56 Å². The van der Waals surface area contributed by atoms with Crippen molar-refractivity contribution in [3.8, 4) is 22.8 Å². The van der Waals surface area contributed by atoms with Crippen LogP contribution in [0.3, 0.4) is 0 Å². The van der Waals surface area contributed by atoms with Crippen molar-refractivity contribution in [2.24, 2.45) is 5.92 Å². The van der Waals surface area contributed by atoms with Crippen molar-refractivity contribution in [3.05, 3.63) is 92.6 Å². The Hall–Kier alpha value is -3.72. The van der Waals surface area contributed by atoms with Gasteiger partial charge in [-0.25, -0.2) is 18.7 Å². The van der Waals surface area contributed by atoms with Gasteiger partial charge in [-0.3, -0.25) is 19.3 Å². The van der Waals surface area contributed by atoms with Gasteiger partial charge in [0.15, 0.2) is 5.82 Å². The standard InChI is InChI=1S/C27H24ClF2N5O2/c1-14-11-32-21(20-6-7-31-26(34-20)16(3)17-4-5-17)10-23(14)35-15(2)8-24(25(28)27(35)36)37-13-22-19(30)9-18(29)12-33-22/h6-12,16-17H,4-5,13H2,1-3H3/t16-/m0/s1. The monoisotopic (exact) mass is 523 g/mol. The molecule has 1 saturated carbocycles. The topological polar surface area (TPSA) is 82.8 Å². The maximum Gasteiger partial charge on any atom is 0.277 e. The van der Waals surface area contributed by atoms with Gasteiger partial charge in [0.05, 0.1) is 23.3 Å². The molecule has 4 aromatic rings. The molecule has 0 saturated heterocycles. The molecule has 1 aliphatic carbocycles. The quantitative estimate of drug-likeness (QED) is 0.308. The maximum atomic E-state index is 13.9. The second kappa shape index (κ2) is 9.97. The van der Waals surface area contributed by atoms with Crippen LogP contribution >= 0.6 is 11.6 Å². The molecule has 1 atom stereocenters. The van der Waals surface area contributed by atoms with E-state index in [1.807, 2.05) is 6.92 Å². The first-order valence-electron chi connectivity index (χ1n) is 11.9. The molecule has 37 heavy (non-hydrogen) atoms. The highest BCUT2D eigenvalue weighted by Gasteiger charge is 2.30. The van der Waals surface area contributed by atoms with Crippen molar-refractivity contribution in [3.63, 3.8) is 0 Å². The van der Waals surface area contributed by atoms with Crippen LogP contribution in [0.2, 0.25) is 5.02 Å². The van der Waals surface area contributed by atoms with E-state index >= 15 is 0 Å². The van der Waals surface area contributed by atoms with Crippen LogP contribution in [0.25, 0.3) is 17.1 Å². The fourth-order valence-electron chi connectivity index (χ4n) is 4.22. The first kappa shape index (κ1) is 25.0. The second-order valence-electron chi connectivity index (χ2n) is 9.26. The molecule has 4 heterocycles. The molecular formula is C27H24ClF2N5O2.